The lowest BCUT2D eigenvalue weighted by Crippen LogP contribution is -2.26. The second-order valence-corrected chi connectivity index (χ2v) is 6.12. The second kappa shape index (κ2) is 7.35. The van der Waals surface area contributed by atoms with Crippen LogP contribution in [0.2, 0.25) is 0 Å². The van der Waals surface area contributed by atoms with Crippen LogP contribution in [0.15, 0.2) is 53.4 Å². The van der Waals surface area contributed by atoms with Crippen LogP contribution in [-0.2, 0) is 14.9 Å². The number of halogens is 1. The fourth-order valence-corrected chi connectivity index (χ4v) is 2.85. The van der Waals surface area contributed by atoms with Crippen LogP contribution < -0.4 is 9.62 Å². The molecule has 2 aromatic carbocycles. The third-order valence-electron chi connectivity index (χ3n) is 2.79. The van der Waals surface area contributed by atoms with Gasteiger partial charge in [0.25, 0.3) is 10.0 Å². The molecule has 0 aliphatic heterocycles. The average Bonchev–Trinajstić information content (AvgIpc) is 2.47. The molecule has 22 heavy (non-hydrogen) atoms. The van der Waals surface area contributed by atoms with Gasteiger partial charge in [0.1, 0.15) is 24.8 Å². The number of sulfonamides is 1. The van der Waals surface area contributed by atoms with Gasteiger partial charge in [0.2, 0.25) is 0 Å². The molecule has 0 aliphatic carbocycles. The van der Waals surface area contributed by atoms with Crippen molar-refractivity contribution in [3.8, 4) is 5.75 Å². The molecule has 0 saturated carbocycles. The minimum Gasteiger partial charge on any atom is -0.491 e. The van der Waals surface area contributed by atoms with E-state index in [0.717, 1.165) is 12.1 Å². The lowest BCUT2D eigenvalue weighted by molar-refractivity contribution is 0.0665. The van der Waals surface area contributed by atoms with Gasteiger partial charge in [-0.25, -0.2) is 12.8 Å². The summed E-state index contributed by atoms with van der Waals surface area (Å²) in [5.41, 5.74) is 0.302. The molecule has 0 spiro atoms. The quantitative estimate of drug-likeness (QED) is 0.627. The number of rotatable bonds is 7. The zero-order valence-corrected chi connectivity index (χ0v) is 12.8. The maximum atomic E-state index is 13.0. The van der Waals surface area contributed by atoms with Crippen LogP contribution >= 0.6 is 0 Å². The van der Waals surface area contributed by atoms with Crippen molar-refractivity contribution in [3.05, 3.63) is 59.9 Å². The minimum atomic E-state index is -3.85. The number of benzene rings is 2. The Morgan fingerprint density at radius 2 is 1.82 bits per heavy atom. The predicted octanol–water partition coefficient (Wildman–Crippen LogP) is 2.42. The zero-order valence-electron chi connectivity index (χ0n) is 12.0. The molecule has 0 saturated heterocycles. The SMILES string of the molecule is Cc1cc(F)ccc1S(=O)(=O)NOCCOc1ccccc1. The standard InChI is InChI=1S/C15H16FNO4S/c1-12-11-13(16)7-8-15(12)22(18,19)17-21-10-9-20-14-5-3-2-4-6-14/h2-8,11,17H,9-10H2,1H3. The molecular formula is C15H16FNO4S. The summed E-state index contributed by atoms with van der Waals surface area (Å²) < 4.78 is 42.3. The van der Waals surface area contributed by atoms with Crippen LogP contribution in [0.4, 0.5) is 4.39 Å². The van der Waals surface area contributed by atoms with Gasteiger partial charge in [0.15, 0.2) is 0 Å². The van der Waals surface area contributed by atoms with Gasteiger partial charge in [-0.05, 0) is 42.8 Å². The van der Waals surface area contributed by atoms with Gasteiger partial charge in [0, 0.05) is 0 Å². The molecule has 2 aromatic rings. The van der Waals surface area contributed by atoms with Gasteiger partial charge < -0.3 is 4.74 Å². The number of aryl methyl sites for hydroxylation is 1. The molecular weight excluding hydrogens is 309 g/mol. The first-order valence-electron chi connectivity index (χ1n) is 6.56. The van der Waals surface area contributed by atoms with Gasteiger partial charge in [-0.15, -0.1) is 0 Å². The Bertz CT molecular complexity index is 720. The first-order chi connectivity index (χ1) is 10.5. The Hall–Kier alpha value is -1.96. The Morgan fingerprint density at radius 3 is 2.50 bits per heavy atom. The molecule has 0 aliphatic rings. The predicted molar refractivity (Wildman–Crippen MR) is 79.3 cm³/mol. The van der Waals surface area contributed by atoms with Gasteiger partial charge in [-0.1, -0.05) is 23.1 Å². The summed E-state index contributed by atoms with van der Waals surface area (Å²) in [4.78, 5) is 6.86. The molecule has 0 heterocycles. The van der Waals surface area contributed by atoms with E-state index in [2.05, 4.69) is 0 Å². The molecule has 0 radical (unpaired) electrons. The Kier molecular flexibility index (Phi) is 5.48. The van der Waals surface area contributed by atoms with Crippen molar-refractivity contribution in [1.29, 1.82) is 0 Å². The highest BCUT2D eigenvalue weighted by Gasteiger charge is 2.17. The van der Waals surface area contributed by atoms with Crippen molar-refractivity contribution in [2.75, 3.05) is 13.2 Å². The highest BCUT2D eigenvalue weighted by Crippen LogP contribution is 2.15. The molecule has 0 aromatic heterocycles. The third-order valence-corrected chi connectivity index (χ3v) is 4.17. The number of hydrogen-bond donors (Lipinski definition) is 1. The summed E-state index contributed by atoms with van der Waals surface area (Å²) in [6.07, 6.45) is 0. The largest absolute Gasteiger partial charge is 0.491 e. The van der Waals surface area contributed by atoms with E-state index in [9.17, 15) is 12.8 Å². The van der Waals surface area contributed by atoms with Gasteiger partial charge >= 0.3 is 0 Å². The summed E-state index contributed by atoms with van der Waals surface area (Å²) in [5.74, 6) is 0.178. The van der Waals surface area contributed by atoms with E-state index in [-0.39, 0.29) is 18.1 Å². The fraction of sp³-hybridized carbons (Fsp3) is 0.200. The maximum Gasteiger partial charge on any atom is 0.262 e. The lowest BCUT2D eigenvalue weighted by atomic mass is 10.2. The fourth-order valence-electron chi connectivity index (χ4n) is 1.80. The van der Waals surface area contributed by atoms with E-state index in [1.807, 2.05) is 23.1 Å². The first kappa shape index (κ1) is 16.4. The van der Waals surface area contributed by atoms with Crippen molar-refractivity contribution in [2.24, 2.45) is 0 Å². The zero-order chi connectivity index (χ0) is 16.0. The van der Waals surface area contributed by atoms with Gasteiger partial charge in [0.05, 0.1) is 4.90 Å². The molecule has 2 rings (SSSR count). The van der Waals surface area contributed by atoms with Crippen molar-refractivity contribution in [1.82, 2.24) is 4.89 Å². The Labute approximate surface area is 128 Å². The van der Waals surface area contributed by atoms with Crippen LogP contribution in [-0.4, -0.2) is 21.6 Å². The first-order valence-corrected chi connectivity index (χ1v) is 8.05. The van der Waals surface area contributed by atoms with Gasteiger partial charge in [-0.2, -0.15) is 0 Å². The van der Waals surface area contributed by atoms with Crippen LogP contribution in [0.5, 0.6) is 5.75 Å². The van der Waals surface area contributed by atoms with Crippen LogP contribution in [0.1, 0.15) is 5.56 Å². The molecule has 0 amide bonds. The van der Waals surface area contributed by atoms with E-state index in [0.29, 0.717) is 11.3 Å². The molecule has 0 atom stereocenters. The van der Waals surface area contributed by atoms with Gasteiger partial charge in [-0.3, -0.25) is 4.84 Å². The number of para-hydroxylation sites is 1. The highest BCUT2D eigenvalue weighted by molar-refractivity contribution is 7.89. The molecule has 0 unspecified atom stereocenters. The number of nitrogens with one attached hydrogen (secondary N) is 1. The van der Waals surface area contributed by atoms with E-state index in [4.69, 9.17) is 9.57 Å². The smallest absolute Gasteiger partial charge is 0.262 e. The number of ether oxygens (including phenoxy) is 1. The molecule has 118 valence electrons. The Morgan fingerprint density at radius 1 is 1.09 bits per heavy atom. The number of hydrogen-bond acceptors (Lipinski definition) is 4. The van der Waals surface area contributed by atoms with Crippen LogP contribution in [0.3, 0.4) is 0 Å². The third kappa shape index (κ3) is 4.52. The van der Waals surface area contributed by atoms with Crippen molar-refractivity contribution < 1.29 is 22.4 Å². The van der Waals surface area contributed by atoms with E-state index >= 15 is 0 Å². The molecule has 0 fully saturated rings. The molecule has 5 nitrogen and oxygen atoms in total. The highest BCUT2D eigenvalue weighted by atomic mass is 32.2. The van der Waals surface area contributed by atoms with Crippen LogP contribution in [0, 0.1) is 12.7 Å². The minimum absolute atomic E-state index is 0.0297. The topological polar surface area (TPSA) is 64.6 Å². The van der Waals surface area contributed by atoms with Crippen LogP contribution in [0.25, 0.3) is 0 Å². The van der Waals surface area contributed by atoms with E-state index in [1.54, 1.807) is 12.1 Å². The molecule has 7 heteroatoms. The van der Waals surface area contributed by atoms with Crippen molar-refractivity contribution in [2.45, 2.75) is 11.8 Å². The summed E-state index contributed by atoms with van der Waals surface area (Å²) in [6, 6.07) is 12.5. The normalized spacial score (nSPS) is 11.4. The summed E-state index contributed by atoms with van der Waals surface area (Å²) in [5, 5.41) is 0. The van der Waals surface area contributed by atoms with E-state index < -0.39 is 15.8 Å². The van der Waals surface area contributed by atoms with E-state index in [1.165, 1.54) is 13.0 Å². The second-order valence-electron chi connectivity index (χ2n) is 4.51. The Balaban J connectivity index is 1.83. The van der Waals surface area contributed by atoms with Crippen molar-refractivity contribution >= 4 is 10.0 Å². The summed E-state index contributed by atoms with van der Waals surface area (Å²) in [6.45, 7) is 1.74. The average molecular weight is 325 g/mol. The monoisotopic (exact) mass is 325 g/mol. The maximum absolute atomic E-state index is 13.0. The molecule has 0 bridgehead atoms. The van der Waals surface area contributed by atoms with Crippen molar-refractivity contribution in [3.63, 3.8) is 0 Å². The summed E-state index contributed by atoms with van der Waals surface area (Å²) in [7, 11) is -3.85. The lowest BCUT2D eigenvalue weighted by Gasteiger charge is -2.10. The molecule has 1 N–H and O–H groups in total. The summed E-state index contributed by atoms with van der Waals surface area (Å²) >= 11 is 0.